The van der Waals surface area contributed by atoms with E-state index in [4.69, 9.17) is 4.42 Å². The van der Waals surface area contributed by atoms with Gasteiger partial charge in [0.1, 0.15) is 5.76 Å². The molecule has 2 atom stereocenters. The molecule has 2 aromatic rings. The van der Waals surface area contributed by atoms with Crippen LogP contribution in [0.2, 0.25) is 0 Å². The second-order valence-electron chi connectivity index (χ2n) is 5.56. The third kappa shape index (κ3) is 1.74. The van der Waals surface area contributed by atoms with E-state index in [-0.39, 0.29) is 11.2 Å². The summed E-state index contributed by atoms with van der Waals surface area (Å²) in [4.78, 5) is 0. The van der Waals surface area contributed by atoms with Gasteiger partial charge in [0.25, 0.3) is 0 Å². The molecule has 3 rings (SSSR count). The fraction of sp³-hybridized carbons (Fsp3) is 0.467. The van der Waals surface area contributed by atoms with E-state index in [1.807, 2.05) is 19.2 Å². The lowest BCUT2D eigenvalue weighted by Gasteiger charge is -2.21. The van der Waals surface area contributed by atoms with Gasteiger partial charge in [-0.2, -0.15) is 0 Å². The Balaban J connectivity index is 2.02. The number of hydrogen-bond donors (Lipinski definition) is 1. The van der Waals surface area contributed by atoms with Gasteiger partial charge in [-0.25, -0.2) is 4.39 Å². The summed E-state index contributed by atoms with van der Waals surface area (Å²) in [5.74, 6) is 0.644. The van der Waals surface area contributed by atoms with Crippen molar-refractivity contribution in [3.05, 3.63) is 35.8 Å². The minimum atomic E-state index is -0.273. The molecule has 1 aromatic carbocycles. The van der Waals surface area contributed by atoms with Crippen LogP contribution in [0.4, 0.5) is 4.39 Å². The van der Waals surface area contributed by atoms with Crippen molar-refractivity contribution in [2.24, 2.45) is 0 Å². The molecule has 0 spiro atoms. The maximum Gasteiger partial charge on any atom is 0.169 e. The summed E-state index contributed by atoms with van der Waals surface area (Å²) in [7, 11) is 1.99. The van der Waals surface area contributed by atoms with Crippen LogP contribution in [0.3, 0.4) is 0 Å². The first-order chi connectivity index (χ1) is 8.62. The van der Waals surface area contributed by atoms with Gasteiger partial charge in [0.15, 0.2) is 11.4 Å². The van der Waals surface area contributed by atoms with Crippen LogP contribution in [0.15, 0.2) is 28.7 Å². The van der Waals surface area contributed by atoms with E-state index in [0.717, 1.165) is 30.4 Å². The number of para-hydroxylation sites is 1. The maximum atomic E-state index is 13.6. The van der Waals surface area contributed by atoms with E-state index in [2.05, 4.69) is 12.2 Å². The molecular formula is C15H18FNO. The van der Waals surface area contributed by atoms with Gasteiger partial charge in [0.05, 0.1) is 0 Å². The molecule has 1 heterocycles. The Labute approximate surface area is 106 Å². The SMILES string of the molecule is CNC1CCC(C)(c2cc3cccc(F)c3o2)C1. The number of benzene rings is 1. The Kier molecular flexibility index (Phi) is 2.67. The van der Waals surface area contributed by atoms with E-state index >= 15 is 0 Å². The standard InChI is InChI=1S/C15H18FNO/c1-15(7-6-11(9-15)17-2)13-8-10-4-3-5-12(16)14(10)18-13/h3-5,8,11,17H,6-7,9H2,1-2H3. The van der Waals surface area contributed by atoms with Crippen molar-refractivity contribution in [3.63, 3.8) is 0 Å². The van der Waals surface area contributed by atoms with Crippen molar-refractivity contribution in [2.75, 3.05) is 7.05 Å². The summed E-state index contributed by atoms with van der Waals surface area (Å²) >= 11 is 0. The molecular weight excluding hydrogens is 229 g/mol. The lowest BCUT2D eigenvalue weighted by molar-refractivity contribution is 0.368. The summed E-state index contributed by atoms with van der Waals surface area (Å²) in [5.41, 5.74) is 0.417. The first-order valence-corrected chi connectivity index (χ1v) is 6.48. The van der Waals surface area contributed by atoms with Crippen LogP contribution in [0.1, 0.15) is 31.9 Å². The molecule has 2 unspecified atom stereocenters. The molecule has 0 bridgehead atoms. The van der Waals surface area contributed by atoms with Crippen molar-refractivity contribution < 1.29 is 8.81 Å². The number of rotatable bonds is 2. The predicted molar refractivity (Wildman–Crippen MR) is 70.2 cm³/mol. The average Bonchev–Trinajstić information content (AvgIpc) is 2.94. The second-order valence-corrected chi connectivity index (χ2v) is 5.56. The number of furan rings is 1. The highest BCUT2D eigenvalue weighted by Gasteiger charge is 2.38. The van der Waals surface area contributed by atoms with Crippen molar-refractivity contribution in [2.45, 2.75) is 37.6 Å². The summed E-state index contributed by atoms with van der Waals surface area (Å²) in [5, 5.41) is 4.18. The molecule has 1 saturated carbocycles. The molecule has 0 radical (unpaired) electrons. The average molecular weight is 247 g/mol. The van der Waals surface area contributed by atoms with Gasteiger partial charge in [-0.05, 0) is 38.4 Å². The summed E-state index contributed by atoms with van der Waals surface area (Å²) < 4.78 is 19.4. The smallest absolute Gasteiger partial charge is 0.169 e. The quantitative estimate of drug-likeness (QED) is 0.877. The highest BCUT2D eigenvalue weighted by atomic mass is 19.1. The Bertz CT molecular complexity index is 577. The molecule has 1 aliphatic carbocycles. The molecule has 2 nitrogen and oxygen atoms in total. The largest absolute Gasteiger partial charge is 0.457 e. The zero-order chi connectivity index (χ0) is 12.8. The van der Waals surface area contributed by atoms with E-state index < -0.39 is 0 Å². The van der Waals surface area contributed by atoms with Gasteiger partial charge < -0.3 is 9.73 Å². The fourth-order valence-corrected chi connectivity index (χ4v) is 3.04. The lowest BCUT2D eigenvalue weighted by Crippen LogP contribution is -2.25. The molecule has 3 heteroatoms. The van der Waals surface area contributed by atoms with Gasteiger partial charge in [-0.15, -0.1) is 0 Å². The van der Waals surface area contributed by atoms with E-state index in [1.54, 1.807) is 6.07 Å². The minimum absolute atomic E-state index is 0.0269. The second kappa shape index (κ2) is 4.09. The van der Waals surface area contributed by atoms with E-state index in [1.165, 1.54) is 6.07 Å². The molecule has 1 fully saturated rings. The minimum Gasteiger partial charge on any atom is -0.457 e. The third-order valence-corrected chi connectivity index (χ3v) is 4.24. The van der Waals surface area contributed by atoms with Crippen LogP contribution in [0.25, 0.3) is 11.0 Å². The number of nitrogens with one attached hydrogen (secondary N) is 1. The first-order valence-electron chi connectivity index (χ1n) is 6.48. The molecule has 1 aromatic heterocycles. The van der Waals surface area contributed by atoms with Gasteiger partial charge in [-0.1, -0.05) is 19.1 Å². The van der Waals surface area contributed by atoms with Crippen LogP contribution in [-0.4, -0.2) is 13.1 Å². The normalized spacial score (nSPS) is 28.1. The number of halogens is 1. The summed E-state index contributed by atoms with van der Waals surface area (Å²) in [6.07, 6.45) is 3.28. The highest BCUT2D eigenvalue weighted by molar-refractivity contribution is 5.78. The molecule has 0 amide bonds. The Morgan fingerprint density at radius 1 is 1.44 bits per heavy atom. The van der Waals surface area contributed by atoms with Crippen molar-refractivity contribution in [1.82, 2.24) is 5.32 Å². The maximum absolute atomic E-state index is 13.6. The monoisotopic (exact) mass is 247 g/mol. The van der Waals surface area contributed by atoms with Gasteiger partial charge in [0.2, 0.25) is 0 Å². The molecule has 0 aliphatic heterocycles. The molecule has 1 aliphatic rings. The first kappa shape index (κ1) is 11.7. The Hall–Kier alpha value is -1.35. The lowest BCUT2D eigenvalue weighted by atomic mass is 9.85. The number of fused-ring (bicyclic) bond motifs is 1. The highest BCUT2D eigenvalue weighted by Crippen LogP contribution is 2.42. The van der Waals surface area contributed by atoms with Crippen LogP contribution >= 0.6 is 0 Å². The Morgan fingerprint density at radius 3 is 2.94 bits per heavy atom. The molecule has 18 heavy (non-hydrogen) atoms. The summed E-state index contributed by atoms with van der Waals surface area (Å²) in [6, 6.07) is 7.61. The fourth-order valence-electron chi connectivity index (χ4n) is 3.04. The van der Waals surface area contributed by atoms with Crippen LogP contribution in [-0.2, 0) is 5.41 Å². The van der Waals surface area contributed by atoms with Crippen molar-refractivity contribution in [1.29, 1.82) is 0 Å². The van der Waals surface area contributed by atoms with Crippen molar-refractivity contribution >= 4 is 11.0 Å². The van der Waals surface area contributed by atoms with E-state index in [0.29, 0.717) is 11.6 Å². The predicted octanol–water partition coefficient (Wildman–Crippen LogP) is 3.60. The van der Waals surface area contributed by atoms with E-state index in [9.17, 15) is 4.39 Å². The van der Waals surface area contributed by atoms with Crippen molar-refractivity contribution in [3.8, 4) is 0 Å². The zero-order valence-corrected chi connectivity index (χ0v) is 10.8. The van der Waals surface area contributed by atoms with Crippen LogP contribution in [0.5, 0.6) is 0 Å². The topological polar surface area (TPSA) is 25.2 Å². The molecule has 0 saturated heterocycles. The van der Waals surface area contributed by atoms with Crippen LogP contribution < -0.4 is 5.32 Å². The number of hydrogen-bond acceptors (Lipinski definition) is 2. The van der Waals surface area contributed by atoms with Gasteiger partial charge >= 0.3 is 0 Å². The Morgan fingerprint density at radius 2 is 2.28 bits per heavy atom. The molecule has 96 valence electrons. The van der Waals surface area contributed by atoms with Gasteiger partial charge in [0, 0.05) is 16.8 Å². The molecule has 1 N–H and O–H groups in total. The third-order valence-electron chi connectivity index (χ3n) is 4.24. The zero-order valence-electron chi connectivity index (χ0n) is 10.8. The summed E-state index contributed by atoms with van der Waals surface area (Å²) in [6.45, 7) is 2.21. The van der Waals surface area contributed by atoms with Crippen LogP contribution in [0, 0.1) is 5.82 Å². The van der Waals surface area contributed by atoms with Gasteiger partial charge in [-0.3, -0.25) is 0 Å².